The van der Waals surface area contributed by atoms with Crippen LogP contribution in [0.4, 0.5) is 20.6 Å². The van der Waals surface area contributed by atoms with Crippen LogP contribution in [0.2, 0.25) is 0 Å². The highest BCUT2D eigenvalue weighted by molar-refractivity contribution is 5.89. The lowest BCUT2D eigenvalue weighted by Gasteiger charge is -2.29. The second kappa shape index (κ2) is 7.24. The van der Waals surface area contributed by atoms with Crippen LogP contribution in [0.15, 0.2) is 18.2 Å². The van der Waals surface area contributed by atoms with E-state index in [0.29, 0.717) is 50.8 Å². The van der Waals surface area contributed by atoms with Crippen molar-refractivity contribution in [3.8, 4) is 0 Å². The average molecular weight is 297 g/mol. The summed E-state index contributed by atoms with van der Waals surface area (Å²) >= 11 is 0. The molecule has 0 aromatic heterocycles. The minimum Gasteiger partial charge on any atom is -0.447 e. The van der Waals surface area contributed by atoms with Gasteiger partial charge < -0.3 is 20.1 Å². The SMILES string of the molecule is CN.O=C1OCCN1c1ccc(N2CCOCC2)c(F)c1. The second-order valence-corrected chi connectivity index (χ2v) is 4.50. The molecular weight excluding hydrogens is 277 g/mol. The molecule has 1 amide bonds. The molecule has 0 atom stereocenters. The number of ether oxygens (including phenoxy) is 2. The van der Waals surface area contributed by atoms with Crippen LogP contribution in [0.25, 0.3) is 0 Å². The Kier molecular flexibility index (Phi) is 5.35. The van der Waals surface area contributed by atoms with Crippen molar-refractivity contribution in [1.82, 2.24) is 0 Å². The van der Waals surface area contributed by atoms with Gasteiger partial charge >= 0.3 is 6.09 Å². The summed E-state index contributed by atoms with van der Waals surface area (Å²) < 4.78 is 24.2. The highest BCUT2D eigenvalue weighted by atomic mass is 19.1. The van der Waals surface area contributed by atoms with Gasteiger partial charge in [0.05, 0.1) is 31.1 Å². The van der Waals surface area contributed by atoms with Crippen molar-refractivity contribution >= 4 is 17.5 Å². The Morgan fingerprint density at radius 3 is 2.43 bits per heavy atom. The summed E-state index contributed by atoms with van der Waals surface area (Å²) in [7, 11) is 1.50. The molecule has 2 aliphatic rings. The smallest absolute Gasteiger partial charge is 0.414 e. The van der Waals surface area contributed by atoms with E-state index in [-0.39, 0.29) is 5.82 Å². The summed E-state index contributed by atoms with van der Waals surface area (Å²) in [4.78, 5) is 14.8. The molecular formula is C14H20FN3O3. The van der Waals surface area contributed by atoms with Crippen molar-refractivity contribution in [2.45, 2.75) is 0 Å². The number of hydrogen-bond acceptors (Lipinski definition) is 5. The molecule has 2 N–H and O–H groups in total. The summed E-state index contributed by atoms with van der Waals surface area (Å²) in [6.45, 7) is 3.41. The number of nitrogens with two attached hydrogens (primary N) is 1. The summed E-state index contributed by atoms with van der Waals surface area (Å²) in [5.41, 5.74) is 5.59. The molecule has 0 saturated carbocycles. The van der Waals surface area contributed by atoms with E-state index in [4.69, 9.17) is 9.47 Å². The van der Waals surface area contributed by atoms with Gasteiger partial charge in [0, 0.05) is 13.1 Å². The normalized spacial score (nSPS) is 18.1. The fourth-order valence-electron chi connectivity index (χ4n) is 2.35. The first kappa shape index (κ1) is 15.5. The number of hydrogen-bond donors (Lipinski definition) is 1. The molecule has 1 aromatic rings. The van der Waals surface area contributed by atoms with Crippen LogP contribution in [0.1, 0.15) is 0 Å². The fraction of sp³-hybridized carbons (Fsp3) is 0.500. The zero-order chi connectivity index (χ0) is 15.2. The molecule has 2 saturated heterocycles. The summed E-state index contributed by atoms with van der Waals surface area (Å²) in [6.07, 6.45) is -0.418. The van der Waals surface area contributed by atoms with Crippen LogP contribution in [0.5, 0.6) is 0 Å². The van der Waals surface area contributed by atoms with Crippen molar-refractivity contribution in [2.24, 2.45) is 5.73 Å². The molecule has 7 heteroatoms. The van der Waals surface area contributed by atoms with Gasteiger partial charge in [0.25, 0.3) is 0 Å². The van der Waals surface area contributed by atoms with Gasteiger partial charge in [-0.2, -0.15) is 0 Å². The van der Waals surface area contributed by atoms with Crippen LogP contribution in [-0.4, -0.2) is 52.6 Å². The molecule has 0 radical (unpaired) electrons. The summed E-state index contributed by atoms with van der Waals surface area (Å²) in [5.74, 6) is -0.320. The highest BCUT2D eigenvalue weighted by Crippen LogP contribution is 2.27. The lowest BCUT2D eigenvalue weighted by atomic mass is 10.2. The van der Waals surface area contributed by atoms with E-state index in [1.54, 1.807) is 12.1 Å². The van der Waals surface area contributed by atoms with Crippen LogP contribution < -0.4 is 15.5 Å². The first-order valence-electron chi connectivity index (χ1n) is 6.90. The van der Waals surface area contributed by atoms with Gasteiger partial charge in [-0.1, -0.05) is 0 Å². The van der Waals surface area contributed by atoms with Crippen LogP contribution in [-0.2, 0) is 9.47 Å². The maximum absolute atomic E-state index is 14.2. The van der Waals surface area contributed by atoms with Crippen LogP contribution in [0, 0.1) is 5.82 Å². The number of rotatable bonds is 2. The van der Waals surface area contributed by atoms with E-state index in [1.807, 2.05) is 4.90 Å². The van der Waals surface area contributed by atoms with Gasteiger partial charge in [0.1, 0.15) is 12.4 Å². The van der Waals surface area contributed by atoms with Crippen LogP contribution >= 0.6 is 0 Å². The maximum Gasteiger partial charge on any atom is 0.414 e. The predicted octanol–water partition coefficient (Wildman–Crippen LogP) is 1.19. The summed E-state index contributed by atoms with van der Waals surface area (Å²) in [6, 6.07) is 4.85. The Balaban J connectivity index is 0.000000774. The summed E-state index contributed by atoms with van der Waals surface area (Å²) in [5, 5.41) is 0. The molecule has 0 bridgehead atoms. The van der Waals surface area contributed by atoms with Gasteiger partial charge in [0.15, 0.2) is 0 Å². The number of anilines is 2. The molecule has 116 valence electrons. The Morgan fingerprint density at radius 2 is 1.86 bits per heavy atom. The molecule has 0 aliphatic carbocycles. The van der Waals surface area contributed by atoms with Gasteiger partial charge in [-0.25, -0.2) is 9.18 Å². The number of morpholine rings is 1. The van der Waals surface area contributed by atoms with Crippen LogP contribution in [0.3, 0.4) is 0 Å². The molecule has 3 rings (SSSR count). The number of nitrogens with zero attached hydrogens (tertiary/aromatic N) is 2. The molecule has 2 aliphatic heterocycles. The molecule has 2 fully saturated rings. The number of carbonyl (C=O) groups excluding carboxylic acids is 1. The molecule has 1 aromatic carbocycles. The number of carbonyl (C=O) groups is 1. The average Bonchev–Trinajstić information content (AvgIpc) is 2.96. The van der Waals surface area contributed by atoms with Crippen molar-refractivity contribution in [2.75, 3.05) is 56.3 Å². The van der Waals surface area contributed by atoms with Crippen molar-refractivity contribution in [3.05, 3.63) is 24.0 Å². The highest BCUT2D eigenvalue weighted by Gasteiger charge is 2.25. The Hall–Kier alpha value is -1.86. The number of benzene rings is 1. The van der Waals surface area contributed by atoms with E-state index in [9.17, 15) is 9.18 Å². The molecule has 0 spiro atoms. The third kappa shape index (κ3) is 3.43. The maximum atomic E-state index is 14.2. The molecule has 6 nitrogen and oxygen atoms in total. The van der Waals surface area contributed by atoms with E-state index in [2.05, 4.69) is 5.73 Å². The standard InChI is InChI=1S/C13H15FN2O3.CH5N/c14-11-9-10(16-5-8-19-13(16)17)1-2-12(11)15-3-6-18-7-4-15;1-2/h1-2,9H,3-8H2;2H2,1H3. The largest absolute Gasteiger partial charge is 0.447 e. The minimum absolute atomic E-state index is 0.320. The third-order valence-electron chi connectivity index (χ3n) is 3.36. The van der Waals surface area contributed by atoms with Crippen molar-refractivity contribution < 1.29 is 18.7 Å². The predicted molar refractivity (Wildman–Crippen MR) is 78.2 cm³/mol. The zero-order valence-corrected chi connectivity index (χ0v) is 12.0. The lowest BCUT2D eigenvalue weighted by Crippen LogP contribution is -2.36. The topological polar surface area (TPSA) is 68.0 Å². The number of amides is 1. The molecule has 0 unspecified atom stereocenters. The third-order valence-corrected chi connectivity index (χ3v) is 3.36. The first-order chi connectivity index (χ1) is 10.3. The molecule has 2 heterocycles. The quantitative estimate of drug-likeness (QED) is 0.888. The van der Waals surface area contributed by atoms with Gasteiger partial charge in [-0.3, -0.25) is 4.90 Å². The first-order valence-corrected chi connectivity index (χ1v) is 6.90. The van der Waals surface area contributed by atoms with E-state index in [1.165, 1.54) is 18.0 Å². The molecule has 21 heavy (non-hydrogen) atoms. The van der Waals surface area contributed by atoms with Crippen molar-refractivity contribution in [1.29, 1.82) is 0 Å². The van der Waals surface area contributed by atoms with Gasteiger partial charge in [-0.05, 0) is 25.2 Å². The number of cyclic esters (lactones) is 1. The van der Waals surface area contributed by atoms with Gasteiger partial charge in [-0.15, -0.1) is 0 Å². The van der Waals surface area contributed by atoms with E-state index in [0.717, 1.165) is 0 Å². The Bertz CT molecular complexity index is 492. The zero-order valence-electron chi connectivity index (χ0n) is 12.0. The fourth-order valence-corrected chi connectivity index (χ4v) is 2.35. The lowest BCUT2D eigenvalue weighted by molar-refractivity contribution is 0.122. The monoisotopic (exact) mass is 297 g/mol. The van der Waals surface area contributed by atoms with E-state index >= 15 is 0 Å². The van der Waals surface area contributed by atoms with Gasteiger partial charge in [0.2, 0.25) is 0 Å². The minimum atomic E-state index is -0.418. The number of halogens is 1. The second-order valence-electron chi connectivity index (χ2n) is 4.50. The Labute approximate surface area is 123 Å². The van der Waals surface area contributed by atoms with Crippen molar-refractivity contribution in [3.63, 3.8) is 0 Å². The van der Waals surface area contributed by atoms with E-state index < -0.39 is 6.09 Å². The Morgan fingerprint density at radius 1 is 1.14 bits per heavy atom.